The Balaban J connectivity index is 1.77. The van der Waals surface area contributed by atoms with Gasteiger partial charge in [0, 0.05) is 29.7 Å². The summed E-state index contributed by atoms with van der Waals surface area (Å²) in [6, 6.07) is 6.79. The third-order valence-corrected chi connectivity index (χ3v) is 5.50. The van der Waals surface area contributed by atoms with Gasteiger partial charge in [-0.1, -0.05) is 0 Å². The van der Waals surface area contributed by atoms with Crippen molar-refractivity contribution in [3.8, 4) is 51.7 Å². The molecule has 0 spiro atoms. The van der Waals surface area contributed by atoms with Gasteiger partial charge in [0.2, 0.25) is 0 Å². The van der Waals surface area contributed by atoms with Crippen LogP contribution in [0.4, 0.5) is 0 Å². The average molecular weight is 500 g/mol. The molecular formula is C25H24O11. The lowest BCUT2D eigenvalue weighted by molar-refractivity contribution is -0.0191. The van der Waals surface area contributed by atoms with E-state index in [9.17, 15) is 40.5 Å². The molecule has 1 aliphatic heterocycles. The number of phenols is 7. The van der Waals surface area contributed by atoms with Crippen LogP contribution in [0, 0.1) is 0 Å². The molecule has 36 heavy (non-hydrogen) atoms. The monoisotopic (exact) mass is 500 g/mol. The van der Waals surface area contributed by atoms with Crippen molar-refractivity contribution in [1.29, 1.82) is 0 Å². The van der Waals surface area contributed by atoms with Gasteiger partial charge in [-0.2, -0.15) is 0 Å². The lowest BCUT2D eigenvalue weighted by Crippen LogP contribution is -2.35. The van der Waals surface area contributed by atoms with Crippen LogP contribution in [0.3, 0.4) is 0 Å². The van der Waals surface area contributed by atoms with Crippen LogP contribution < -0.4 is 9.47 Å². The predicted octanol–water partition coefficient (Wildman–Crippen LogP) is 3.31. The maximum Gasteiger partial charge on any atom is 0.338 e. The fourth-order valence-corrected chi connectivity index (χ4v) is 3.90. The molecule has 7 N–H and O–H groups in total. The summed E-state index contributed by atoms with van der Waals surface area (Å²) < 4.78 is 17.5. The summed E-state index contributed by atoms with van der Waals surface area (Å²) in [5.74, 6) is -4.94. The molecule has 3 aromatic carbocycles. The van der Waals surface area contributed by atoms with Crippen LogP contribution in [0.1, 0.15) is 41.4 Å². The fraction of sp³-hybridized carbons (Fsp3) is 0.240. The van der Waals surface area contributed by atoms with E-state index in [2.05, 4.69) is 0 Å². The Morgan fingerprint density at radius 3 is 1.97 bits per heavy atom. The minimum absolute atomic E-state index is 0.00647. The van der Waals surface area contributed by atoms with Crippen LogP contribution in [0.25, 0.3) is 0 Å². The summed E-state index contributed by atoms with van der Waals surface area (Å²) in [6.07, 6.45) is -2.49. The van der Waals surface area contributed by atoms with Gasteiger partial charge in [-0.3, -0.25) is 0 Å². The zero-order valence-electron chi connectivity index (χ0n) is 19.2. The predicted molar refractivity (Wildman–Crippen MR) is 123 cm³/mol. The van der Waals surface area contributed by atoms with Crippen molar-refractivity contribution in [1.82, 2.24) is 0 Å². The standard InChI is InChI=1S/C25H24O11/c1-10(2)34-19-7-13(26)8-20-14(19)9-21(24(35-20)11-3-15(27)22(31)16(28)4-11)36-25(33)12-5-17(29)23(32)18(30)6-12/h3-8,10,21,24,26-32H,9H2,1-2H3/t21-,24-/m1/s1. The van der Waals surface area contributed by atoms with E-state index in [0.29, 0.717) is 5.56 Å². The average Bonchev–Trinajstić information content (AvgIpc) is 2.79. The Kier molecular flexibility index (Phi) is 6.23. The molecule has 2 atom stereocenters. The lowest BCUT2D eigenvalue weighted by atomic mass is 9.93. The highest BCUT2D eigenvalue weighted by Crippen LogP contribution is 2.46. The summed E-state index contributed by atoms with van der Waals surface area (Å²) in [5.41, 5.74) is 0.338. The number of carbonyl (C=O) groups excluding carboxylic acids is 1. The van der Waals surface area contributed by atoms with Crippen LogP contribution in [-0.2, 0) is 11.2 Å². The van der Waals surface area contributed by atoms with E-state index >= 15 is 0 Å². The minimum atomic E-state index is -1.13. The maximum absolute atomic E-state index is 12.9. The Hall–Kier alpha value is -4.67. The van der Waals surface area contributed by atoms with Gasteiger partial charge in [-0.15, -0.1) is 0 Å². The maximum atomic E-state index is 12.9. The molecule has 0 saturated carbocycles. The smallest absolute Gasteiger partial charge is 0.338 e. The van der Waals surface area contributed by atoms with Gasteiger partial charge >= 0.3 is 5.97 Å². The Morgan fingerprint density at radius 1 is 0.861 bits per heavy atom. The highest BCUT2D eigenvalue weighted by molar-refractivity contribution is 5.91. The van der Waals surface area contributed by atoms with Crippen molar-refractivity contribution < 1.29 is 54.8 Å². The quantitative estimate of drug-likeness (QED) is 0.201. The first kappa shape index (κ1) is 24.5. The molecule has 0 fully saturated rings. The first-order chi connectivity index (χ1) is 16.9. The van der Waals surface area contributed by atoms with Crippen molar-refractivity contribution in [2.24, 2.45) is 0 Å². The van der Waals surface area contributed by atoms with Crippen LogP contribution in [0.15, 0.2) is 36.4 Å². The number of rotatable bonds is 5. The zero-order valence-corrected chi connectivity index (χ0v) is 19.2. The zero-order chi connectivity index (χ0) is 26.3. The van der Waals surface area contributed by atoms with Gasteiger partial charge in [0.05, 0.1) is 11.7 Å². The first-order valence-electron chi connectivity index (χ1n) is 10.8. The molecule has 3 aromatic rings. The number of hydrogen-bond acceptors (Lipinski definition) is 11. The second-order valence-electron chi connectivity index (χ2n) is 8.54. The number of ether oxygens (including phenoxy) is 3. The third kappa shape index (κ3) is 4.63. The molecule has 4 rings (SSSR count). The second kappa shape index (κ2) is 9.17. The van der Waals surface area contributed by atoms with Crippen LogP contribution in [0.5, 0.6) is 51.7 Å². The number of carbonyl (C=O) groups is 1. The second-order valence-corrected chi connectivity index (χ2v) is 8.54. The van der Waals surface area contributed by atoms with Crippen molar-refractivity contribution >= 4 is 5.97 Å². The molecule has 1 aliphatic rings. The highest BCUT2D eigenvalue weighted by Gasteiger charge is 2.38. The van der Waals surface area contributed by atoms with Crippen molar-refractivity contribution in [2.45, 2.75) is 38.6 Å². The molecule has 0 unspecified atom stereocenters. The largest absolute Gasteiger partial charge is 0.508 e. The van der Waals surface area contributed by atoms with E-state index in [1.54, 1.807) is 13.8 Å². The Morgan fingerprint density at radius 2 is 1.42 bits per heavy atom. The lowest BCUT2D eigenvalue weighted by Gasteiger charge is -2.34. The minimum Gasteiger partial charge on any atom is -0.508 e. The van der Waals surface area contributed by atoms with E-state index in [-0.39, 0.29) is 40.9 Å². The Bertz CT molecular complexity index is 1290. The molecule has 0 saturated heterocycles. The van der Waals surface area contributed by atoms with Crippen LogP contribution in [0.2, 0.25) is 0 Å². The van der Waals surface area contributed by atoms with Gasteiger partial charge < -0.3 is 50.0 Å². The molecule has 0 amide bonds. The highest BCUT2D eigenvalue weighted by atomic mass is 16.6. The molecule has 11 heteroatoms. The molecule has 11 nitrogen and oxygen atoms in total. The van der Waals surface area contributed by atoms with E-state index in [0.717, 1.165) is 24.3 Å². The SMILES string of the molecule is CC(C)Oc1cc(O)cc2c1C[C@@H](OC(=O)c1cc(O)c(O)c(O)c1)[C@@H](c1cc(O)c(O)c(O)c1)O2. The summed E-state index contributed by atoms with van der Waals surface area (Å²) >= 11 is 0. The van der Waals surface area contributed by atoms with E-state index in [4.69, 9.17) is 14.2 Å². The topological polar surface area (TPSA) is 186 Å². The summed E-state index contributed by atoms with van der Waals surface area (Å²) in [7, 11) is 0. The van der Waals surface area contributed by atoms with Crippen LogP contribution >= 0.6 is 0 Å². The van der Waals surface area contributed by atoms with Crippen molar-refractivity contribution in [2.75, 3.05) is 0 Å². The van der Waals surface area contributed by atoms with Gasteiger partial charge in [-0.05, 0) is 38.1 Å². The number of esters is 1. The van der Waals surface area contributed by atoms with E-state index in [1.807, 2.05) is 0 Å². The molecular weight excluding hydrogens is 476 g/mol. The summed E-state index contributed by atoms with van der Waals surface area (Å²) in [4.78, 5) is 12.9. The fourth-order valence-electron chi connectivity index (χ4n) is 3.90. The molecule has 0 aromatic heterocycles. The van der Waals surface area contributed by atoms with Crippen molar-refractivity contribution in [3.05, 3.63) is 53.1 Å². The van der Waals surface area contributed by atoms with Crippen LogP contribution in [-0.4, -0.2) is 53.9 Å². The number of phenolic OH excluding ortho intramolecular Hbond substituents is 7. The van der Waals surface area contributed by atoms with E-state index < -0.39 is 52.7 Å². The number of benzene rings is 3. The van der Waals surface area contributed by atoms with E-state index in [1.165, 1.54) is 12.1 Å². The summed E-state index contributed by atoms with van der Waals surface area (Å²) in [6.45, 7) is 3.57. The number of hydrogen-bond donors (Lipinski definition) is 7. The molecule has 1 heterocycles. The molecule has 190 valence electrons. The van der Waals surface area contributed by atoms with Gasteiger partial charge in [-0.25, -0.2) is 4.79 Å². The third-order valence-electron chi connectivity index (χ3n) is 5.50. The number of fused-ring (bicyclic) bond motifs is 1. The van der Waals surface area contributed by atoms with Gasteiger partial charge in [0.15, 0.2) is 40.6 Å². The van der Waals surface area contributed by atoms with Gasteiger partial charge in [0.1, 0.15) is 23.4 Å². The van der Waals surface area contributed by atoms with Crippen molar-refractivity contribution in [3.63, 3.8) is 0 Å². The number of aromatic hydroxyl groups is 7. The molecule has 0 aliphatic carbocycles. The summed E-state index contributed by atoms with van der Waals surface area (Å²) in [5, 5.41) is 69.0. The Labute approximate surface area is 204 Å². The molecule has 0 radical (unpaired) electrons. The molecule has 0 bridgehead atoms. The normalized spacial score (nSPS) is 16.8. The first-order valence-corrected chi connectivity index (χ1v) is 10.8. The van der Waals surface area contributed by atoms with Gasteiger partial charge in [0.25, 0.3) is 0 Å².